The molecule has 0 saturated heterocycles. The van der Waals surface area contributed by atoms with E-state index in [9.17, 15) is 14.4 Å². The van der Waals surface area contributed by atoms with Gasteiger partial charge >= 0.3 is 5.97 Å². The molecular weight excluding hydrogens is 258 g/mol. The number of aliphatic carboxylic acids is 1. The van der Waals surface area contributed by atoms with Gasteiger partial charge in [-0.05, 0) is 12.1 Å². The van der Waals surface area contributed by atoms with Crippen molar-refractivity contribution in [1.29, 1.82) is 0 Å². The number of carboxylic acid groups (broad SMARTS) is 1. The lowest BCUT2D eigenvalue weighted by Gasteiger charge is -2.12. The number of amides is 2. The Kier molecular flexibility index (Phi) is 4.86. The van der Waals surface area contributed by atoms with E-state index in [2.05, 4.69) is 10.5 Å². The molecule has 9 heteroatoms. The summed E-state index contributed by atoms with van der Waals surface area (Å²) in [5.74, 6) is -2.29. The molecule has 0 aromatic carbocycles. The maximum atomic E-state index is 11.4. The van der Waals surface area contributed by atoms with Gasteiger partial charge in [0.25, 0.3) is 11.8 Å². The molecule has 0 saturated carbocycles. The van der Waals surface area contributed by atoms with Gasteiger partial charge in [-0.3, -0.25) is 9.59 Å². The molecule has 0 spiro atoms. The fourth-order valence-electron chi connectivity index (χ4n) is 1.19. The first-order valence-corrected chi connectivity index (χ1v) is 5.25. The van der Waals surface area contributed by atoms with Gasteiger partial charge in [-0.25, -0.2) is 4.79 Å². The molecule has 0 aliphatic carbocycles. The van der Waals surface area contributed by atoms with Crippen molar-refractivity contribution in [3.8, 4) is 5.88 Å². The molecule has 0 aliphatic heterocycles. The Morgan fingerprint density at radius 2 is 2.26 bits per heavy atom. The van der Waals surface area contributed by atoms with E-state index in [1.54, 1.807) is 6.92 Å². The molecular formula is C10H13N3O6. The van der Waals surface area contributed by atoms with Crippen molar-refractivity contribution in [1.82, 2.24) is 10.5 Å². The van der Waals surface area contributed by atoms with Crippen molar-refractivity contribution in [2.45, 2.75) is 19.4 Å². The Bertz CT molecular complexity index is 483. The second kappa shape index (κ2) is 6.38. The third kappa shape index (κ3) is 5.06. The molecule has 1 aromatic rings. The number of rotatable bonds is 7. The van der Waals surface area contributed by atoms with Crippen LogP contribution in [0.2, 0.25) is 0 Å². The van der Waals surface area contributed by atoms with Crippen LogP contribution in [0.15, 0.2) is 10.6 Å². The smallest absolute Gasteiger partial charge is 0.326 e. The second-order valence-electron chi connectivity index (χ2n) is 3.69. The minimum Gasteiger partial charge on any atom is -0.480 e. The predicted molar refractivity (Wildman–Crippen MR) is 60.1 cm³/mol. The first kappa shape index (κ1) is 14.5. The molecule has 104 valence electrons. The Morgan fingerprint density at radius 1 is 1.58 bits per heavy atom. The molecule has 0 aliphatic rings. The Hall–Kier alpha value is -2.58. The lowest BCUT2D eigenvalue weighted by molar-refractivity contribution is -0.143. The molecule has 0 radical (unpaired) electrons. The molecule has 1 heterocycles. The van der Waals surface area contributed by atoms with Crippen molar-refractivity contribution in [2.24, 2.45) is 5.73 Å². The van der Waals surface area contributed by atoms with Crippen LogP contribution in [0.5, 0.6) is 5.88 Å². The lowest BCUT2D eigenvalue weighted by atomic mass is 10.2. The zero-order valence-corrected chi connectivity index (χ0v) is 10.1. The number of carbonyl (C=O) groups excluding carboxylic acids is 2. The summed E-state index contributed by atoms with van der Waals surface area (Å²) in [4.78, 5) is 32.8. The lowest BCUT2D eigenvalue weighted by Crippen LogP contribution is -2.45. The molecule has 9 nitrogen and oxygen atoms in total. The number of nitrogens with one attached hydrogen (secondary N) is 1. The highest BCUT2D eigenvalue weighted by Gasteiger charge is 2.22. The fourth-order valence-corrected chi connectivity index (χ4v) is 1.19. The van der Waals surface area contributed by atoms with E-state index in [1.165, 1.54) is 6.07 Å². The van der Waals surface area contributed by atoms with E-state index in [4.69, 9.17) is 20.1 Å². The average molecular weight is 271 g/mol. The van der Waals surface area contributed by atoms with Gasteiger partial charge in [-0.2, -0.15) is 0 Å². The van der Waals surface area contributed by atoms with Gasteiger partial charge in [0.05, 0.1) is 6.42 Å². The number of ether oxygens (including phenoxy) is 1. The van der Waals surface area contributed by atoms with Gasteiger partial charge in [0.15, 0.2) is 6.61 Å². The maximum absolute atomic E-state index is 11.4. The van der Waals surface area contributed by atoms with E-state index >= 15 is 0 Å². The number of carboxylic acids is 1. The third-order valence-electron chi connectivity index (χ3n) is 2.00. The van der Waals surface area contributed by atoms with Crippen LogP contribution in [-0.4, -0.2) is 40.7 Å². The molecule has 0 bridgehead atoms. The van der Waals surface area contributed by atoms with Crippen LogP contribution in [0.1, 0.15) is 12.2 Å². The monoisotopic (exact) mass is 271 g/mol. The van der Waals surface area contributed by atoms with Crippen LogP contribution in [-0.2, 0) is 14.4 Å². The van der Waals surface area contributed by atoms with E-state index in [0.29, 0.717) is 5.76 Å². The molecule has 0 fully saturated rings. The number of nitrogens with two attached hydrogens (primary N) is 1. The third-order valence-corrected chi connectivity index (χ3v) is 2.00. The first-order valence-electron chi connectivity index (χ1n) is 5.25. The summed E-state index contributed by atoms with van der Waals surface area (Å²) >= 11 is 0. The van der Waals surface area contributed by atoms with Gasteiger partial charge in [-0.15, -0.1) is 0 Å². The van der Waals surface area contributed by atoms with Crippen molar-refractivity contribution in [3.05, 3.63) is 11.8 Å². The van der Waals surface area contributed by atoms with E-state index < -0.39 is 36.9 Å². The van der Waals surface area contributed by atoms with Gasteiger partial charge in [-0.1, -0.05) is 0 Å². The summed E-state index contributed by atoms with van der Waals surface area (Å²) in [5, 5.41) is 14.4. The van der Waals surface area contributed by atoms with E-state index in [-0.39, 0.29) is 5.88 Å². The summed E-state index contributed by atoms with van der Waals surface area (Å²) < 4.78 is 9.65. The SMILES string of the molecule is Cc1cc(OCC(=O)NC(CC(N)=O)C(=O)O)no1. The molecule has 1 aromatic heterocycles. The molecule has 4 N–H and O–H groups in total. The standard InChI is InChI=1S/C10H13N3O6/c1-5-2-9(13-19-5)18-4-8(15)12-6(10(16)17)3-7(11)14/h2,6H,3-4H2,1H3,(H2,11,14)(H,12,15)(H,16,17). The predicted octanol–water partition coefficient (Wildman–Crippen LogP) is -1.19. The summed E-state index contributed by atoms with van der Waals surface area (Å²) in [5.41, 5.74) is 4.87. The second-order valence-corrected chi connectivity index (χ2v) is 3.69. The Morgan fingerprint density at radius 3 is 2.74 bits per heavy atom. The van der Waals surface area contributed by atoms with Crippen LogP contribution < -0.4 is 15.8 Å². The molecule has 19 heavy (non-hydrogen) atoms. The Labute approximate surface area is 107 Å². The normalized spacial score (nSPS) is 11.6. The molecule has 2 amide bonds. The number of nitrogens with zero attached hydrogens (tertiary/aromatic N) is 1. The van der Waals surface area contributed by atoms with Crippen LogP contribution >= 0.6 is 0 Å². The summed E-state index contributed by atoms with van der Waals surface area (Å²) in [6.07, 6.45) is -0.496. The highest BCUT2D eigenvalue weighted by atomic mass is 16.5. The van der Waals surface area contributed by atoms with Gasteiger partial charge in [0, 0.05) is 6.07 Å². The maximum Gasteiger partial charge on any atom is 0.326 e. The number of hydrogen-bond acceptors (Lipinski definition) is 6. The number of aromatic nitrogens is 1. The molecule has 1 rings (SSSR count). The van der Waals surface area contributed by atoms with Crippen LogP contribution in [0.4, 0.5) is 0 Å². The fraction of sp³-hybridized carbons (Fsp3) is 0.400. The van der Waals surface area contributed by atoms with Gasteiger partial charge in [0.1, 0.15) is 11.8 Å². The highest BCUT2D eigenvalue weighted by molar-refractivity contribution is 5.88. The summed E-state index contributed by atoms with van der Waals surface area (Å²) in [7, 11) is 0. The number of hydrogen-bond donors (Lipinski definition) is 3. The van der Waals surface area contributed by atoms with Crippen molar-refractivity contribution in [3.63, 3.8) is 0 Å². The van der Waals surface area contributed by atoms with E-state index in [1.807, 2.05) is 0 Å². The molecule has 1 atom stereocenters. The van der Waals surface area contributed by atoms with E-state index in [0.717, 1.165) is 0 Å². The van der Waals surface area contributed by atoms with Crippen molar-refractivity contribution in [2.75, 3.05) is 6.61 Å². The zero-order valence-electron chi connectivity index (χ0n) is 10.1. The van der Waals surface area contributed by atoms with Crippen molar-refractivity contribution < 1.29 is 28.8 Å². The zero-order chi connectivity index (χ0) is 14.4. The first-order chi connectivity index (χ1) is 8.88. The highest BCUT2D eigenvalue weighted by Crippen LogP contribution is 2.09. The minimum absolute atomic E-state index is 0.106. The molecule has 1 unspecified atom stereocenters. The topological polar surface area (TPSA) is 145 Å². The largest absolute Gasteiger partial charge is 0.480 e. The van der Waals surface area contributed by atoms with Gasteiger partial charge < -0.3 is 25.4 Å². The average Bonchev–Trinajstić information content (AvgIpc) is 2.71. The van der Waals surface area contributed by atoms with Crippen LogP contribution in [0.25, 0.3) is 0 Å². The van der Waals surface area contributed by atoms with Crippen LogP contribution in [0, 0.1) is 6.92 Å². The summed E-state index contributed by atoms with van der Waals surface area (Å²) in [6.45, 7) is 1.20. The number of aryl methyl sites for hydroxylation is 1. The quantitative estimate of drug-likeness (QED) is 0.565. The van der Waals surface area contributed by atoms with Crippen molar-refractivity contribution >= 4 is 17.8 Å². The van der Waals surface area contributed by atoms with Crippen LogP contribution in [0.3, 0.4) is 0 Å². The minimum atomic E-state index is -1.38. The number of carbonyl (C=O) groups is 3. The Balaban J connectivity index is 2.44. The number of primary amides is 1. The van der Waals surface area contributed by atoms with Gasteiger partial charge in [0.2, 0.25) is 5.91 Å². The summed E-state index contributed by atoms with van der Waals surface area (Å²) in [6, 6.07) is 0.0818.